The van der Waals surface area contributed by atoms with Crippen molar-refractivity contribution in [3.63, 3.8) is 0 Å². The molecule has 0 bridgehead atoms. The molecule has 1 rings (SSSR count). The molecule has 0 aliphatic carbocycles. The van der Waals surface area contributed by atoms with Crippen molar-refractivity contribution in [3.05, 3.63) is 24.3 Å². The van der Waals surface area contributed by atoms with Gasteiger partial charge < -0.3 is 0 Å². The van der Waals surface area contributed by atoms with Gasteiger partial charge in [-0.2, -0.15) is 0 Å². The van der Waals surface area contributed by atoms with Crippen molar-refractivity contribution in [3.8, 4) is 0 Å². The molecule has 0 unspecified atom stereocenters. The van der Waals surface area contributed by atoms with Crippen LogP contribution in [0.25, 0.3) is 0 Å². The van der Waals surface area contributed by atoms with Crippen LogP contribution in [-0.4, -0.2) is 23.3 Å². The van der Waals surface area contributed by atoms with Crippen LogP contribution in [0.15, 0.2) is 24.3 Å². The van der Waals surface area contributed by atoms with Crippen LogP contribution in [0.1, 0.15) is 27.2 Å². The molecule has 0 aromatic heterocycles. The van der Waals surface area contributed by atoms with Gasteiger partial charge in [-0.1, -0.05) is 32.9 Å². The fourth-order valence-electron chi connectivity index (χ4n) is 1.22. The van der Waals surface area contributed by atoms with Gasteiger partial charge in [-0.3, -0.25) is 14.5 Å². The normalized spacial score (nSPS) is 17.5. The summed E-state index contributed by atoms with van der Waals surface area (Å²) in [6, 6.07) is 0. The first-order valence-corrected chi connectivity index (χ1v) is 5.11. The van der Waals surface area contributed by atoms with E-state index in [0.29, 0.717) is 6.54 Å². The Labute approximate surface area is 90.5 Å². The average Bonchev–Trinajstić information content (AvgIpc) is 2.14. The molecule has 82 valence electrons. The van der Waals surface area contributed by atoms with Crippen molar-refractivity contribution in [2.45, 2.75) is 27.2 Å². The summed E-state index contributed by atoms with van der Waals surface area (Å²) < 4.78 is 0. The van der Waals surface area contributed by atoms with Crippen molar-refractivity contribution >= 4 is 11.8 Å². The van der Waals surface area contributed by atoms with E-state index in [1.165, 1.54) is 17.1 Å². The van der Waals surface area contributed by atoms with Crippen molar-refractivity contribution in [1.29, 1.82) is 0 Å². The number of nitrogens with zero attached hydrogens (tertiary/aromatic N) is 1. The second-order valence-electron chi connectivity index (χ2n) is 4.72. The fraction of sp³-hybridized carbons (Fsp3) is 0.500. The highest BCUT2D eigenvalue weighted by molar-refractivity contribution is 6.05. The molecule has 0 aromatic carbocycles. The predicted octanol–water partition coefficient (Wildman–Crippen LogP) is 1.90. The van der Waals surface area contributed by atoms with Gasteiger partial charge in [0.05, 0.1) is 0 Å². The number of carbonyl (C=O) groups is 2. The number of hydrogen-bond acceptors (Lipinski definition) is 2. The van der Waals surface area contributed by atoms with E-state index >= 15 is 0 Å². The molecule has 1 heterocycles. The highest BCUT2D eigenvalue weighted by Gasteiger charge is 2.19. The Kier molecular flexibility index (Phi) is 3.45. The SMILES string of the molecule is CC(C)(C)C=CC(=O)N1CCC=CC1=O. The fourth-order valence-corrected chi connectivity index (χ4v) is 1.22. The zero-order valence-electron chi connectivity index (χ0n) is 9.49. The average molecular weight is 207 g/mol. The lowest BCUT2D eigenvalue weighted by molar-refractivity contribution is -0.139. The van der Waals surface area contributed by atoms with Crippen molar-refractivity contribution in [2.75, 3.05) is 6.54 Å². The summed E-state index contributed by atoms with van der Waals surface area (Å²) in [5, 5.41) is 0. The maximum atomic E-state index is 11.6. The van der Waals surface area contributed by atoms with E-state index in [0.717, 1.165) is 6.42 Å². The minimum Gasteiger partial charge on any atom is -0.275 e. The molecule has 0 spiro atoms. The van der Waals surface area contributed by atoms with E-state index in [-0.39, 0.29) is 17.2 Å². The summed E-state index contributed by atoms with van der Waals surface area (Å²) in [6.07, 6.45) is 7.30. The van der Waals surface area contributed by atoms with Gasteiger partial charge >= 0.3 is 0 Å². The standard InChI is InChI=1S/C12H17NO2/c1-12(2,3)8-7-11(15)13-9-5-4-6-10(13)14/h4,6-8H,5,9H2,1-3H3. The van der Waals surface area contributed by atoms with Crippen LogP contribution in [0, 0.1) is 5.41 Å². The maximum Gasteiger partial charge on any atom is 0.253 e. The topological polar surface area (TPSA) is 37.4 Å². The van der Waals surface area contributed by atoms with Crippen LogP contribution in [0.2, 0.25) is 0 Å². The second kappa shape index (κ2) is 4.43. The molecule has 0 saturated carbocycles. The number of imide groups is 1. The minimum atomic E-state index is -0.223. The summed E-state index contributed by atoms with van der Waals surface area (Å²) in [4.78, 5) is 24.3. The van der Waals surface area contributed by atoms with Gasteiger partial charge in [0.2, 0.25) is 0 Å². The minimum absolute atomic E-state index is 0.0374. The van der Waals surface area contributed by atoms with Gasteiger partial charge in [-0.05, 0) is 17.9 Å². The molecule has 1 aliphatic rings. The van der Waals surface area contributed by atoms with Crippen LogP contribution < -0.4 is 0 Å². The third-order valence-corrected chi connectivity index (χ3v) is 2.04. The molecule has 0 atom stereocenters. The third-order valence-electron chi connectivity index (χ3n) is 2.04. The highest BCUT2D eigenvalue weighted by Crippen LogP contribution is 2.15. The van der Waals surface area contributed by atoms with E-state index in [4.69, 9.17) is 0 Å². The van der Waals surface area contributed by atoms with Gasteiger partial charge in [0, 0.05) is 12.6 Å². The monoisotopic (exact) mass is 207 g/mol. The highest BCUT2D eigenvalue weighted by atomic mass is 16.2. The Morgan fingerprint density at radius 2 is 2.13 bits per heavy atom. The van der Waals surface area contributed by atoms with Crippen molar-refractivity contribution in [2.24, 2.45) is 5.41 Å². The van der Waals surface area contributed by atoms with E-state index in [1.54, 1.807) is 6.08 Å². The van der Waals surface area contributed by atoms with Gasteiger partial charge in [-0.15, -0.1) is 0 Å². The Morgan fingerprint density at radius 3 is 2.67 bits per heavy atom. The summed E-state index contributed by atoms with van der Waals surface area (Å²) in [5.41, 5.74) is -0.0374. The summed E-state index contributed by atoms with van der Waals surface area (Å²) in [5.74, 6) is -0.441. The molecule has 0 N–H and O–H groups in total. The molecule has 3 heteroatoms. The summed E-state index contributed by atoms with van der Waals surface area (Å²) >= 11 is 0. The maximum absolute atomic E-state index is 11.6. The zero-order valence-corrected chi connectivity index (χ0v) is 9.49. The lowest BCUT2D eigenvalue weighted by Crippen LogP contribution is -2.37. The number of rotatable bonds is 1. The lowest BCUT2D eigenvalue weighted by atomic mass is 9.96. The van der Waals surface area contributed by atoms with E-state index < -0.39 is 0 Å². The first-order valence-electron chi connectivity index (χ1n) is 5.11. The predicted molar refractivity (Wildman–Crippen MR) is 59.1 cm³/mol. The molecule has 3 nitrogen and oxygen atoms in total. The molecule has 0 saturated heterocycles. The Hall–Kier alpha value is -1.38. The van der Waals surface area contributed by atoms with Crippen LogP contribution in [0.5, 0.6) is 0 Å². The van der Waals surface area contributed by atoms with Gasteiger partial charge in [0.15, 0.2) is 0 Å². The quantitative estimate of drug-likeness (QED) is 0.616. The molecule has 15 heavy (non-hydrogen) atoms. The van der Waals surface area contributed by atoms with Gasteiger partial charge in [0.25, 0.3) is 11.8 Å². The van der Waals surface area contributed by atoms with Crippen LogP contribution in [0.4, 0.5) is 0 Å². The summed E-state index contributed by atoms with van der Waals surface area (Å²) in [7, 11) is 0. The second-order valence-corrected chi connectivity index (χ2v) is 4.72. The number of carbonyl (C=O) groups excluding carboxylic acids is 2. The van der Waals surface area contributed by atoms with E-state index in [1.807, 2.05) is 26.8 Å². The first-order chi connectivity index (χ1) is 6.90. The van der Waals surface area contributed by atoms with Crippen LogP contribution in [-0.2, 0) is 9.59 Å². The lowest BCUT2D eigenvalue weighted by Gasteiger charge is -2.20. The van der Waals surface area contributed by atoms with Crippen LogP contribution in [0.3, 0.4) is 0 Å². The molecule has 2 amide bonds. The van der Waals surface area contributed by atoms with Crippen molar-refractivity contribution < 1.29 is 9.59 Å². The van der Waals surface area contributed by atoms with Gasteiger partial charge in [0.1, 0.15) is 0 Å². The Bertz CT molecular complexity index is 321. The molecule has 0 aromatic rings. The third kappa shape index (κ3) is 3.70. The number of hydrogen-bond donors (Lipinski definition) is 0. The smallest absolute Gasteiger partial charge is 0.253 e. The Morgan fingerprint density at radius 1 is 1.47 bits per heavy atom. The van der Waals surface area contributed by atoms with E-state index in [2.05, 4.69) is 0 Å². The molecule has 0 radical (unpaired) electrons. The molecular formula is C12H17NO2. The Balaban J connectivity index is 2.65. The largest absolute Gasteiger partial charge is 0.275 e. The zero-order chi connectivity index (χ0) is 11.5. The number of amides is 2. The van der Waals surface area contributed by atoms with Gasteiger partial charge in [-0.25, -0.2) is 0 Å². The molecule has 1 aliphatic heterocycles. The van der Waals surface area contributed by atoms with Crippen molar-refractivity contribution in [1.82, 2.24) is 4.90 Å². The van der Waals surface area contributed by atoms with E-state index in [9.17, 15) is 9.59 Å². The summed E-state index contributed by atoms with van der Waals surface area (Å²) in [6.45, 7) is 6.51. The molecular weight excluding hydrogens is 190 g/mol. The molecule has 0 fully saturated rings. The number of allylic oxidation sites excluding steroid dienone is 1. The van der Waals surface area contributed by atoms with Crippen LogP contribution >= 0.6 is 0 Å². The first kappa shape index (κ1) is 11.7.